The summed E-state index contributed by atoms with van der Waals surface area (Å²) in [7, 11) is 3.50. The Morgan fingerprint density at radius 2 is 1.96 bits per heavy atom. The number of aromatic amines is 1. The van der Waals surface area contributed by atoms with Gasteiger partial charge in [-0.05, 0) is 49.7 Å². The van der Waals surface area contributed by atoms with Crippen molar-refractivity contribution in [3.05, 3.63) is 89.5 Å². The zero-order chi connectivity index (χ0) is 33.9. The Kier molecular flexibility index (Phi) is 9.62. The highest BCUT2D eigenvalue weighted by molar-refractivity contribution is 7.18. The predicted molar refractivity (Wildman–Crippen MR) is 181 cm³/mol. The molecule has 13 heteroatoms. The smallest absolute Gasteiger partial charge is 0.251 e. The molecule has 0 saturated carbocycles. The molecule has 2 amide bonds. The molecule has 1 saturated heterocycles. The van der Waals surface area contributed by atoms with E-state index in [0.717, 1.165) is 25.2 Å². The van der Waals surface area contributed by atoms with Gasteiger partial charge in [0.2, 0.25) is 5.91 Å². The molecule has 1 aliphatic rings. The second-order valence-electron chi connectivity index (χ2n) is 11.6. The van der Waals surface area contributed by atoms with E-state index in [1.165, 1.54) is 24.5 Å². The number of benzene rings is 2. The van der Waals surface area contributed by atoms with Crippen molar-refractivity contribution in [3.63, 3.8) is 0 Å². The van der Waals surface area contributed by atoms with Gasteiger partial charge in [0.15, 0.2) is 0 Å². The van der Waals surface area contributed by atoms with Crippen molar-refractivity contribution in [2.75, 3.05) is 40.5 Å². The Balaban J connectivity index is 1.53. The van der Waals surface area contributed by atoms with Crippen LogP contribution in [0.4, 0.5) is 8.78 Å². The fraction of sp³-hybridized carbons (Fsp3) is 0.257. The van der Waals surface area contributed by atoms with Crippen LogP contribution in [0, 0.1) is 11.6 Å². The Bertz CT molecular complexity index is 2000. The van der Waals surface area contributed by atoms with Gasteiger partial charge in [-0.3, -0.25) is 14.7 Å². The van der Waals surface area contributed by atoms with Crippen molar-refractivity contribution < 1.29 is 27.8 Å². The number of amides is 2. The lowest BCUT2D eigenvalue weighted by Gasteiger charge is -2.36. The van der Waals surface area contributed by atoms with Gasteiger partial charge in [-0.25, -0.2) is 13.8 Å². The van der Waals surface area contributed by atoms with Crippen LogP contribution in [0.1, 0.15) is 29.0 Å². The fourth-order valence-electron chi connectivity index (χ4n) is 5.70. The van der Waals surface area contributed by atoms with Gasteiger partial charge >= 0.3 is 0 Å². The molecule has 0 unspecified atom stereocenters. The summed E-state index contributed by atoms with van der Waals surface area (Å²) in [5.74, 6) is -2.20. The largest absolute Gasteiger partial charge is 0.490 e. The summed E-state index contributed by atoms with van der Waals surface area (Å²) in [5.41, 5.74) is 3.28. The first-order valence-electron chi connectivity index (χ1n) is 15.3. The standard InChI is InChI=1S/C35H34F2N6O4S/c1-5-29(44)38-19(2)26-16-27(42-41-26)33-31(30-25(37)14-22(36)15-28(30)47-11-10-46-4)34-24(9-12-48-34)32(40-33)20-7-6-8-21(13-20)35(45)39-23-17-43(3)18-23/h5-9,12-16,19,23H,1,10-11,17-18H2,2-4H3,(H,38,44)(H,39,45)(H,41,42)/t19-/m1/s1. The van der Waals surface area contributed by atoms with E-state index in [9.17, 15) is 14.0 Å². The molecule has 1 atom stereocenters. The van der Waals surface area contributed by atoms with Crippen LogP contribution in [-0.4, -0.2) is 78.4 Å². The number of halogens is 2. The summed E-state index contributed by atoms with van der Waals surface area (Å²) in [6, 6.07) is 12.3. The van der Waals surface area contributed by atoms with Crippen molar-refractivity contribution in [2.45, 2.75) is 19.0 Å². The highest BCUT2D eigenvalue weighted by Gasteiger charge is 2.28. The number of likely N-dealkylation sites (N-methyl/N-ethyl adjacent to an activating group) is 1. The van der Waals surface area contributed by atoms with Gasteiger partial charge in [-0.15, -0.1) is 11.3 Å². The highest BCUT2D eigenvalue weighted by atomic mass is 32.1. The molecule has 4 heterocycles. The van der Waals surface area contributed by atoms with Crippen molar-refractivity contribution in [3.8, 4) is 39.5 Å². The summed E-state index contributed by atoms with van der Waals surface area (Å²) >= 11 is 1.36. The third kappa shape index (κ3) is 6.70. The fourth-order valence-corrected chi connectivity index (χ4v) is 6.65. The first-order chi connectivity index (χ1) is 23.2. The van der Waals surface area contributed by atoms with Crippen LogP contribution in [0.25, 0.3) is 43.9 Å². The number of carbonyl (C=O) groups excluding carboxylic acids is 2. The average molecular weight is 673 g/mol. The number of fused-ring (bicyclic) bond motifs is 1. The molecule has 1 fully saturated rings. The third-order valence-corrected chi connectivity index (χ3v) is 9.00. The molecule has 0 spiro atoms. The van der Waals surface area contributed by atoms with Gasteiger partial charge in [0.1, 0.15) is 35.4 Å². The number of ether oxygens (including phenoxy) is 2. The number of hydrogen-bond donors (Lipinski definition) is 3. The number of nitrogens with zero attached hydrogens (tertiary/aromatic N) is 3. The minimum atomic E-state index is -0.837. The molecule has 5 aromatic rings. The van der Waals surface area contributed by atoms with Crippen LogP contribution in [0.15, 0.2) is 66.6 Å². The number of nitrogens with one attached hydrogen (secondary N) is 3. The normalized spacial score (nSPS) is 14.0. The van der Waals surface area contributed by atoms with Gasteiger partial charge in [0, 0.05) is 59.1 Å². The number of carbonyl (C=O) groups is 2. The molecule has 3 aromatic heterocycles. The molecular formula is C35H34F2N6O4S. The quantitative estimate of drug-likeness (QED) is 0.114. The lowest BCUT2D eigenvalue weighted by atomic mass is 9.96. The number of pyridine rings is 1. The monoisotopic (exact) mass is 672 g/mol. The molecule has 3 N–H and O–H groups in total. The lowest BCUT2D eigenvalue weighted by molar-refractivity contribution is -0.117. The maximum Gasteiger partial charge on any atom is 0.251 e. The van der Waals surface area contributed by atoms with E-state index in [0.29, 0.717) is 49.6 Å². The van der Waals surface area contributed by atoms with E-state index in [1.54, 1.807) is 31.2 Å². The first kappa shape index (κ1) is 32.9. The molecule has 10 nitrogen and oxygen atoms in total. The Labute approximate surface area is 279 Å². The lowest BCUT2D eigenvalue weighted by Crippen LogP contribution is -2.57. The first-order valence-corrected chi connectivity index (χ1v) is 16.2. The van der Waals surface area contributed by atoms with Crippen molar-refractivity contribution >= 4 is 33.2 Å². The minimum Gasteiger partial charge on any atom is -0.490 e. The van der Waals surface area contributed by atoms with Crippen LogP contribution in [-0.2, 0) is 9.53 Å². The Hall–Kier alpha value is -4.98. The van der Waals surface area contributed by atoms with Crippen LogP contribution >= 0.6 is 11.3 Å². The number of thiophene rings is 1. The van der Waals surface area contributed by atoms with E-state index in [4.69, 9.17) is 14.5 Å². The van der Waals surface area contributed by atoms with Crippen LogP contribution in [0.2, 0.25) is 0 Å². The SMILES string of the molecule is C=CC(=O)N[C@H](C)c1cc(-c2nc(-c3cccc(C(=O)NC4CN(C)C4)c3)c3ccsc3c2-c2c(F)cc(F)cc2OCCOC)n[nH]1. The summed E-state index contributed by atoms with van der Waals surface area (Å²) in [4.78, 5) is 32.4. The third-order valence-electron chi connectivity index (χ3n) is 8.07. The summed E-state index contributed by atoms with van der Waals surface area (Å²) < 4.78 is 42.2. The molecular weight excluding hydrogens is 638 g/mol. The second-order valence-corrected chi connectivity index (χ2v) is 12.5. The number of H-pyrrole nitrogens is 1. The van der Waals surface area contributed by atoms with E-state index >= 15 is 4.39 Å². The summed E-state index contributed by atoms with van der Waals surface area (Å²) in [5, 5.41) is 15.9. The molecule has 0 bridgehead atoms. The van der Waals surface area contributed by atoms with Gasteiger partial charge in [0.25, 0.3) is 5.91 Å². The van der Waals surface area contributed by atoms with Crippen molar-refractivity contribution in [1.29, 1.82) is 0 Å². The highest BCUT2D eigenvalue weighted by Crippen LogP contribution is 2.47. The Morgan fingerprint density at radius 1 is 1.15 bits per heavy atom. The van der Waals surface area contributed by atoms with Crippen LogP contribution < -0.4 is 15.4 Å². The summed E-state index contributed by atoms with van der Waals surface area (Å²) in [6.45, 7) is 7.11. The molecule has 248 valence electrons. The molecule has 48 heavy (non-hydrogen) atoms. The Morgan fingerprint density at radius 3 is 2.71 bits per heavy atom. The van der Waals surface area contributed by atoms with Gasteiger partial charge in [-0.2, -0.15) is 5.10 Å². The number of rotatable bonds is 12. The van der Waals surface area contributed by atoms with E-state index in [1.807, 2.05) is 24.6 Å². The minimum absolute atomic E-state index is 0.0160. The number of likely N-dealkylation sites (tertiary alicyclic amines) is 1. The topological polar surface area (TPSA) is 121 Å². The van der Waals surface area contributed by atoms with E-state index < -0.39 is 17.7 Å². The molecule has 1 aliphatic heterocycles. The van der Waals surface area contributed by atoms with E-state index in [-0.39, 0.29) is 42.4 Å². The van der Waals surface area contributed by atoms with Crippen molar-refractivity contribution in [2.24, 2.45) is 0 Å². The van der Waals surface area contributed by atoms with Crippen LogP contribution in [0.5, 0.6) is 5.75 Å². The molecule has 0 radical (unpaired) electrons. The van der Waals surface area contributed by atoms with E-state index in [2.05, 4.69) is 32.3 Å². The molecule has 0 aliphatic carbocycles. The zero-order valence-electron chi connectivity index (χ0n) is 26.6. The van der Waals surface area contributed by atoms with Crippen molar-refractivity contribution in [1.82, 2.24) is 30.7 Å². The maximum atomic E-state index is 16.0. The zero-order valence-corrected chi connectivity index (χ0v) is 27.4. The number of methoxy groups -OCH3 is 1. The second kappa shape index (κ2) is 14.0. The maximum absolute atomic E-state index is 16.0. The molecule has 6 rings (SSSR count). The van der Waals surface area contributed by atoms with Gasteiger partial charge in [0.05, 0.1) is 35.6 Å². The number of hydrogen-bond acceptors (Lipinski definition) is 8. The number of aromatic nitrogens is 3. The predicted octanol–water partition coefficient (Wildman–Crippen LogP) is 5.73. The van der Waals surface area contributed by atoms with Gasteiger partial charge in [-0.1, -0.05) is 18.7 Å². The average Bonchev–Trinajstić information content (AvgIpc) is 3.75. The summed E-state index contributed by atoms with van der Waals surface area (Å²) in [6.07, 6.45) is 1.17. The molecule has 2 aromatic carbocycles. The van der Waals surface area contributed by atoms with Crippen LogP contribution in [0.3, 0.4) is 0 Å². The van der Waals surface area contributed by atoms with Gasteiger partial charge < -0.3 is 25.0 Å².